The van der Waals surface area contributed by atoms with Crippen LogP contribution in [0.3, 0.4) is 0 Å². The van der Waals surface area contributed by atoms with Gasteiger partial charge in [-0.25, -0.2) is 4.98 Å². The van der Waals surface area contributed by atoms with E-state index in [4.69, 9.17) is 16.3 Å². The smallest absolute Gasteiger partial charge is 0.129 e. The number of halogens is 1. The van der Waals surface area contributed by atoms with Crippen molar-refractivity contribution >= 4 is 11.6 Å². The van der Waals surface area contributed by atoms with Crippen molar-refractivity contribution < 1.29 is 4.74 Å². The summed E-state index contributed by atoms with van der Waals surface area (Å²) in [4.78, 5) is 3.93. The first kappa shape index (κ1) is 11.9. The van der Waals surface area contributed by atoms with E-state index in [9.17, 15) is 0 Å². The molecule has 1 aromatic heterocycles. The number of hydrogen-bond acceptors (Lipinski definition) is 2. The van der Waals surface area contributed by atoms with Gasteiger partial charge in [0.05, 0.1) is 0 Å². The zero-order chi connectivity index (χ0) is 12.3. The molecule has 0 aliphatic carbocycles. The van der Waals surface area contributed by atoms with E-state index in [2.05, 4.69) is 18.0 Å². The molecular weight excluding hydrogens is 234 g/mol. The second-order valence-electron chi connectivity index (χ2n) is 4.04. The molecule has 0 aliphatic rings. The SMILES string of the molecule is Cc1ccc(OCc2ccnc(Cl)c2)c(C)c1. The Morgan fingerprint density at radius 2 is 2.00 bits per heavy atom. The third kappa shape index (κ3) is 3.21. The quantitative estimate of drug-likeness (QED) is 0.767. The van der Waals surface area contributed by atoms with E-state index in [1.807, 2.05) is 31.2 Å². The van der Waals surface area contributed by atoms with Crippen LogP contribution in [0.5, 0.6) is 5.75 Å². The molecule has 88 valence electrons. The molecular formula is C14H14ClNO. The Hall–Kier alpha value is -1.54. The largest absolute Gasteiger partial charge is 0.489 e. The standard InChI is InChI=1S/C14H14ClNO/c1-10-3-4-13(11(2)7-10)17-9-12-5-6-16-14(15)8-12/h3-8H,9H2,1-2H3. The second kappa shape index (κ2) is 5.19. The van der Waals surface area contributed by atoms with E-state index in [1.165, 1.54) is 5.56 Å². The Bertz CT molecular complexity index is 525. The lowest BCUT2D eigenvalue weighted by Crippen LogP contribution is -1.97. The van der Waals surface area contributed by atoms with E-state index in [0.29, 0.717) is 11.8 Å². The number of benzene rings is 1. The van der Waals surface area contributed by atoms with Crippen LogP contribution in [0.25, 0.3) is 0 Å². The third-order valence-electron chi connectivity index (χ3n) is 2.52. The van der Waals surface area contributed by atoms with Crippen LogP contribution in [0.4, 0.5) is 0 Å². The van der Waals surface area contributed by atoms with Crippen molar-refractivity contribution in [1.82, 2.24) is 4.98 Å². The summed E-state index contributed by atoms with van der Waals surface area (Å²) in [6.45, 7) is 4.62. The fraction of sp³-hybridized carbons (Fsp3) is 0.214. The van der Waals surface area contributed by atoms with Gasteiger partial charge in [-0.05, 0) is 43.2 Å². The van der Waals surface area contributed by atoms with Gasteiger partial charge >= 0.3 is 0 Å². The Labute approximate surface area is 106 Å². The lowest BCUT2D eigenvalue weighted by Gasteiger charge is -2.09. The van der Waals surface area contributed by atoms with Crippen LogP contribution in [0.2, 0.25) is 5.15 Å². The normalized spacial score (nSPS) is 10.3. The monoisotopic (exact) mass is 247 g/mol. The molecule has 1 aromatic carbocycles. The lowest BCUT2D eigenvalue weighted by atomic mass is 10.1. The van der Waals surface area contributed by atoms with Gasteiger partial charge in [0, 0.05) is 6.20 Å². The minimum atomic E-state index is 0.492. The fourth-order valence-corrected chi connectivity index (χ4v) is 1.85. The van der Waals surface area contributed by atoms with Gasteiger partial charge in [0.1, 0.15) is 17.5 Å². The maximum absolute atomic E-state index is 5.81. The summed E-state index contributed by atoms with van der Waals surface area (Å²) in [6.07, 6.45) is 1.68. The molecule has 2 aromatic rings. The van der Waals surface area contributed by atoms with Gasteiger partial charge in [0.15, 0.2) is 0 Å². The first-order valence-electron chi connectivity index (χ1n) is 5.45. The molecule has 0 saturated carbocycles. The maximum atomic E-state index is 5.81. The van der Waals surface area contributed by atoms with Crippen molar-refractivity contribution in [3.05, 3.63) is 58.4 Å². The van der Waals surface area contributed by atoms with Crippen molar-refractivity contribution in [2.45, 2.75) is 20.5 Å². The Morgan fingerprint density at radius 1 is 1.18 bits per heavy atom. The predicted octanol–water partition coefficient (Wildman–Crippen LogP) is 3.93. The average Bonchev–Trinajstić information content (AvgIpc) is 2.28. The summed E-state index contributed by atoms with van der Waals surface area (Å²) < 4.78 is 5.75. The first-order chi connectivity index (χ1) is 8.15. The van der Waals surface area contributed by atoms with Gasteiger partial charge in [-0.15, -0.1) is 0 Å². The number of pyridine rings is 1. The van der Waals surface area contributed by atoms with Crippen LogP contribution in [-0.2, 0) is 6.61 Å². The average molecular weight is 248 g/mol. The van der Waals surface area contributed by atoms with Crippen LogP contribution in [-0.4, -0.2) is 4.98 Å². The van der Waals surface area contributed by atoms with E-state index < -0.39 is 0 Å². The van der Waals surface area contributed by atoms with Gasteiger partial charge in [0.25, 0.3) is 0 Å². The molecule has 0 N–H and O–H groups in total. The summed E-state index contributed by atoms with van der Waals surface area (Å²) >= 11 is 5.81. The van der Waals surface area contributed by atoms with Crippen molar-refractivity contribution in [2.75, 3.05) is 0 Å². The number of nitrogens with zero attached hydrogens (tertiary/aromatic N) is 1. The second-order valence-corrected chi connectivity index (χ2v) is 4.43. The topological polar surface area (TPSA) is 22.1 Å². The first-order valence-corrected chi connectivity index (χ1v) is 5.83. The Balaban J connectivity index is 2.07. The molecule has 2 rings (SSSR count). The molecule has 0 unspecified atom stereocenters. The van der Waals surface area contributed by atoms with Crippen molar-refractivity contribution in [3.63, 3.8) is 0 Å². The molecule has 0 atom stereocenters. The Kier molecular flexibility index (Phi) is 3.64. The molecule has 17 heavy (non-hydrogen) atoms. The van der Waals surface area contributed by atoms with Crippen molar-refractivity contribution in [1.29, 1.82) is 0 Å². The van der Waals surface area contributed by atoms with Gasteiger partial charge in [-0.2, -0.15) is 0 Å². The minimum Gasteiger partial charge on any atom is -0.489 e. The summed E-state index contributed by atoms with van der Waals surface area (Å²) in [5.74, 6) is 0.906. The fourth-order valence-electron chi connectivity index (χ4n) is 1.65. The van der Waals surface area contributed by atoms with Gasteiger partial charge in [-0.3, -0.25) is 0 Å². The molecule has 0 saturated heterocycles. The molecule has 0 amide bonds. The van der Waals surface area contributed by atoms with E-state index in [-0.39, 0.29) is 0 Å². The van der Waals surface area contributed by atoms with E-state index in [0.717, 1.165) is 16.9 Å². The highest BCUT2D eigenvalue weighted by atomic mass is 35.5. The summed E-state index contributed by atoms with van der Waals surface area (Å²) in [6, 6.07) is 9.85. The number of hydrogen-bond donors (Lipinski definition) is 0. The van der Waals surface area contributed by atoms with Gasteiger partial charge in [-0.1, -0.05) is 29.3 Å². The molecule has 3 heteroatoms. The highest BCUT2D eigenvalue weighted by Crippen LogP contribution is 2.20. The number of aryl methyl sites for hydroxylation is 2. The predicted molar refractivity (Wildman–Crippen MR) is 69.5 cm³/mol. The molecule has 2 nitrogen and oxygen atoms in total. The highest BCUT2D eigenvalue weighted by molar-refractivity contribution is 6.29. The molecule has 0 spiro atoms. The molecule has 0 fully saturated rings. The van der Waals surface area contributed by atoms with Crippen molar-refractivity contribution in [2.24, 2.45) is 0 Å². The summed E-state index contributed by atoms with van der Waals surface area (Å²) in [7, 11) is 0. The molecule has 0 radical (unpaired) electrons. The highest BCUT2D eigenvalue weighted by Gasteiger charge is 2.01. The molecule has 0 bridgehead atoms. The summed E-state index contributed by atoms with van der Waals surface area (Å²) in [5, 5.41) is 0.492. The van der Waals surface area contributed by atoms with E-state index in [1.54, 1.807) is 6.20 Å². The van der Waals surface area contributed by atoms with Crippen molar-refractivity contribution in [3.8, 4) is 5.75 Å². The zero-order valence-corrected chi connectivity index (χ0v) is 10.7. The number of rotatable bonds is 3. The number of ether oxygens (including phenoxy) is 1. The minimum absolute atomic E-state index is 0.492. The molecule has 0 aliphatic heterocycles. The number of aromatic nitrogens is 1. The zero-order valence-electron chi connectivity index (χ0n) is 9.90. The van der Waals surface area contributed by atoms with Gasteiger partial charge in [0.2, 0.25) is 0 Å². The maximum Gasteiger partial charge on any atom is 0.129 e. The van der Waals surface area contributed by atoms with Crippen LogP contribution < -0.4 is 4.74 Å². The van der Waals surface area contributed by atoms with Crippen LogP contribution in [0.15, 0.2) is 36.5 Å². The molecule has 1 heterocycles. The van der Waals surface area contributed by atoms with Gasteiger partial charge < -0.3 is 4.74 Å². The Morgan fingerprint density at radius 3 is 2.71 bits per heavy atom. The van der Waals surface area contributed by atoms with Crippen LogP contribution in [0, 0.1) is 13.8 Å². The summed E-state index contributed by atoms with van der Waals surface area (Å²) in [5.41, 5.74) is 3.40. The van der Waals surface area contributed by atoms with E-state index >= 15 is 0 Å². The lowest BCUT2D eigenvalue weighted by molar-refractivity contribution is 0.304. The van der Waals surface area contributed by atoms with Crippen LogP contribution >= 0.6 is 11.6 Å². The van der Waals surface area contributed by atoms with Crippen LogP contribution in [0.1, 0.15) is 16.7 Å². The third-order valence-corrected chi connectivity index (χ3v) is 2.72.